The second kappa shape index (κ2) is 14.5. The molecule has 240 valence electrons. The van der Waals surface area contributed by atoms with E-state index in [-0.39, 0.29) is 53.8 Å². The maximum absolute atomic E-state index is 14.1. The number of nitrogens with zero attached hydrogens (tertiary/aromatic N) is 4. The number of amides is 3. The highest BCUT2D eigenvalue weighted by Crippen LogP contribution is 2.29. The summed E-state index contributed by atoms with van der Waals surface area (Å²) >= 11 is 0. The zero-order chi connectivity index (χ0) is 31.4. The predicted octanol–water partition coefficient (Wildman–Crippen LogP) is 2.89. The average molecular weight is 592 g/mol. The average Bonchev–Trinajstić information content (AvgIpc) is 3.58. The van der Waals surface area contributed by atoms with E-state index in [1.807, 2.05) is 48.7 Å². The van der Waals surface area contributed by atoms with E-state index in [1.165, 1.54) is 0 Å². The Bertz CT molecular complexity index is 963. The fourth-order valence-electron chi connectivity index (χ4n) is 6.78. The number of likely N-dealkylation sites (tertiary alicyclic amines) is 3. The molecule has 3 aliphatic rings. The van der Waals surface area contributed by atoms with Gasteiger partial charge in [-0.2, -0.15) is 0 Å². The highest BCUT2D eigenvalue weighted by atomic mass is 16.5. The Morgan fingerprint density at radius 1 is 0.881 bits per heavy atom. The predicted molar refractivity (Wildman–Crippen MR) is 164 cm³/mol. The van der Waals surface area contributed by atoms with Crippen LogP contribution in [0, 0.1) is 11.3 Å². The summed E-state index contributed by atoms with van der Waals surface area (Å²) in [6, 6.07) is -1.87. The Morgan fingerprint density at radius 2 is 1.50 bits per heavy atom. The van der Waals surface area contributed by atoms with E-state index in [4.69, 9.17) is 4.74 Å². The Balaban J connectivity index is 1.73. The van der Waals surface area contributed by atoms with Gasteiger partial charge in [0, 0.05) is 26.2 Å². The van der Waals surface area contributed by atoms with Crippen molar-refractivity contribution in [2.24, 2.45) is 11.3 Å². The van der Waals surface area contributed by atoms with E-state index in [2.05, 4.69) is 29.0 Å². The SMILES string of the molecule is CC(C)OC(=O)C1CCCN1C(=O)C1CCCN1C[C@H](C(C)C)N(C)C(=O)C(NC(=O)C1CCCCN1C)C(C)(C)C. The molecule has 10 heteroatoms. The molecule has 3 heterocycles. The van der Waals surface area contributed by atoms with Crippen LogP contribution in [-0.2, 0) is 23.9 Å². The molecule has 3 fully saturated rings. The maximum Gasteiger partial charge on any atom is 0.329 e. The van der Waals surface area contributed by atoms with Crippen LogP contribution >= 0.6 is 0 Å². The number of piperidine rings is 1. The second-order valence-electron chi connectivity index (χ2n) is 14.4. The molecule has 0 aromatic heterocycles. The first-order valence-electron chi connectivity index (χ1n) is 16.2. The molecule has 3 rings (SSSR count). The van der Waals surface area contributed by atoms with Gasteiger partial charge in [0.1, 0.15) is 12.1 Å². The van der Waals surface area contributed by atoms with Gasteiger partial charge in [0.05, 0.1) is 18.2 Å². The molecule has 3 amide bonds. The van der Waals surface area contributed by atoms with Crippen molar-refractivity contribution in [1.82, 2.24) is 24.9 Å². The lowest BCUT2D eigenvalue weighted by Crippen LogP contribution is -2.61. The Morgan fingerprint density at radius 3 is 2.10 bits per heavy atom. The number of carbonyl (C=O) groups excluding carboxylic acids is 4. The summed E-state index contributed by atoms with van der Waals surface area (Å²) in [6.45, 7) is 16.6. The van der Waals surface area contributed by atoms with Crippen molar-refractivity contribution < 1.29 is 23.9 Å². The van der Waals surface area contributed by atoms with Gasteiger partial charge in [-0.1, -0.05) is 41.0 Å². The number of carbonyl (C=O) groups is 4. The molecule has 0 aromatic rings. The highest BCUT2D eigenvalue weighted by Gasteiger charge is 2.44. The number of rotatable bonds is 10. The third-order valence-corrected chi connectivity index (χ3v) is 9.32. The second-order valence-corrected chi connectivity index (χ2v) is 14.4. The molecule has 10 nitrogen and oxygen atoms in total. The van der Waals surface area contributed by atoms with E-state index in [0.29, 0.717) is 19.5 Å². The number of likely N-dealkylation sites (N-methyl/N-ethyl adjacent to an activating group) is 2. The van der Waals surface area contributed by atoms with Crippen molar-refractivity contribution in [1.29, 1.82) is 0 Å². The Labute approximate surface area is 253 Å². The smallest absolute Gasteiger partial charge is 0.329 e. The van der Waals surface area contributed by atoms with Crippen LogP contribution in [0.25, 0.3) is 0 Å². The van der Waals surface area contributed by atoms with Gasteiger partial charge in [-0.25, -0.2) is 4.79 Å². The fraction of sp³-hybridized carbons (Fsp3) is 0.875. The summed E-state index contributed by atoms with van der Waals surface area (Å²) in [5.41, 5.74) is -0.475. The monoisotopic (exact) mass is 591 g/mol. The Kier molecular flexibility index (Phi) is 11.9. The highest BCUT2D eigenvalue weighted by molar-refractivity contribution is 5.91. The minimum Gasteiger partial charge on any atom is -0.461 e. The lowest BCUT2D eigenvalue weighted by atomic mass is 9.84. The summed E-state index contributed by atoms with van der Waals surface area (Å²) in [5.74, 6) is -0.381. The zero-order valence-electron chi connectivity index (χ0n) is 27.6. The van der Waals surface area contributed by atoms with Crippen LogP contribution in [0.1, 0.15) is 93.4 Å². The zero-order valence-corrected chi connectivity index (χ0v) is 27.6. The third-order valence-electron chi connectivity index (χ3n) is 9.32. The number of hydrogen-bond donors (Lipinski definition) is 1. The molecule has 42 heavy (non-hydrogen) atoms. The topological polar surface area (TPSA) is 102 Å². The normalized spacial score (nSPS) is 25.5. The van der Waals surface area contributed by atoms with E-state index in [1.54, 1.807) is 9.80 Å². The molecule has 0 aliphatic carbocycles. The molecule has 0 bridgehead atoms. The van der Waals surface area contributed by atoms with Crippen LogP contribution in [0.3, 0.4) is 0 Å². The summed E-state index contributed by atoms with van der Waals surface area (Å²) in [6.07, 6.45) is 5.73. The van der Waals surface area contributed by atoms with Crippen LogP contribution in [0.2, 0.25) is 0 Å². The van der Waals surface area contributed by atoms with Gasteiger partial charge < -0.3 is 19.9 Å². The molecule has 1 N–H and O–H groups in total. The van der Waals surface area contributed by atoms with Gasteiger partial charge in [-0.05, 0) is 83.8 Å². The van der Waals surface area contributed by atoms with Crippen LogP contribution in [0.15, 0.2) is 0 Å². The van der Waals surface area contributed by atoms with Crippen molar-refractivity contribution in [3.05, 3.63) is 0 Å². The number of ether oxygens (including phenoxy) is 1. The molecule has 0 saturated carbocycles. The lowest BCUT2D eigenvalue weighted by molar-refractivity contribution is -0.158. The van der Waals surface area contributed by atoms with Gasteiger partial charge in [-0.3, -0.25) is 24.2 Å². The number of hydrogen-bond acceptors (Lipinski definition) is 7. The molecule has 3 saturated heterocycles. The summed E-state index contributed by atoms with van der Waals surface area (Å²) in [5, 5.41) is 3.13. The van der Waals surface area contributed by atoms with Gasteiger partial charge in [0.25, 0.3) is 0 Å². The van der Waals surface area contributed by atoms with Crippen LogP contribution < -0.4 is 5.32 Å². The van der Waals surface area contributed by atoms with Gasteiger partial charge in [0.2, 0.25) is 17.7 Å². The minimum absolute atomic E-state index is 0.0105. The quantitative estimate of drug-likeness (QED) is 0.390. The van der Waals surface area contributed by atoms with Crippen molar-refractivity contribution in [3.63, 3.8) is 0 Å². The summed E-state index contributed by atoms with van der Waals surface area (Å²) in [4.78, 5) is 61.8. The molecule has 0 spiro atoms. The largest absolute Gasteiger partial charge is 0.461 e. The third kappa shape index (κ3) is 8.24. The van der Waals surface area contributed by atoms with Crippen molar-refractivity contribution in [3.8, 4) is 0 Å². The fourth-order valence-corrected chi connectivity index (χ4v) is 6.78. The minimum atomic E-state index is -0.667. The molecule has 0 radical (unpaired) electrons. The van der Waals surface area contributed by atoms with Gasteiger partial charge >= 0.3 is 5.97 Å². The van der Waals surface area contributed by atoms with Crippen molar-refractivity contribution >= 4 is 23.7 Å². The summed E-state index contributed by atoms with van der Waals surface area (Å²) in [7, 11) is 3.81. The molecular weight excluding hydrogens is 534 g/mol. The van der Waals surface area contributed by atoms with E-state index in [0.717, 1.165) is 51.6 Å². The molecule has 0 aromatic carbocycles. The van der Waals surface area contributed by atoms with E-state index < -0.39 is 17.5 Å². The maximum atomic E-state index is 14.1. The van der Waals surface area contributed by atoms with Gasteiger partial charge in [-0.15, -0.1) is 0 Å². The van der Waals surface area contributed by atoms with E-state index >= 15 is 0 Å². The standard InChI is InChI=1S/C32H57N5O5/c1-21(2)26(35(9)30(40)27(32(5,6)7)33-28(38)23-14-10-11-17-34(23)8)20-36-18-12-15-24(36)29(39)37-19-13-16-25(37)31(41)42-22(3)4/h21-27H,10-20H2,1-9H3,(H,33,38)/t23?,24?,25?,26-,27?/m1/s1. The van der Waals surface area contributed by atoms with Crippen LogP contribution in [0.5, 0.6) is 0 Å². The van der Waals surface area contributed by atoms with E-state index in [9.17, 15) is 19.2 Å². The number of esters is 1. The van der Waals surface area contributed by atoms with Crippen LogP contribution in [0.4, 0.5) is 0 Å². The van der Waals surface area contributed by atoms with Crippen molar-refractivity contribution in [2.45, 2.75) is 130 Å². The molecular formula is C32H57N5O5. The first-order chi connectivity index (χ1) is 19.6. The number of nitrogens with one attached hydrogen (secondary N) is 1. The summed E-state index contributed by atoms with van der Waals surface area (Å²) < 4.78 is 5.46. The molecule has 4 unspecified atom stereocenters. The molecule has 3 aliphatic heterocycles. The van der Waals surface area contributed by atoms with Crippen LogP contribution in [-0.4, -0.2) is 120 Å². The van der Waals surface area contributed by atoms with Gasteiger partial charge in [0.15, 0.2) is 0 Å². The Hall–Kier alpha value is -2.20. The lowest BCUT2D eigenvalue weighted by Gasteiger charge is -2.41. The van der Waals surface area contributed by atoms with Crippen molar-refractivity contribution in [2.75, 3.05) is 40.3 Å². The first-order valence-corrected chi connectivity index (χ1v) is 16.2. The first kappa shape index (κ1) is 34.3. The molecule has 5 atom stereocenters.